The van der Waals surface area contributed by atoms with E-state index in [-0.39, 0.29) is 19.3 Å². The maximum absolute atomic E-state index is 10.5. The predicted octanol–water partition coefficient (Wildman–Crippen LogP) is 8.68. The van der Waals surface area contributed by atoms with Crippen LogP contribution in [0.2, 0.25) is 16.6 Å². The van der Waals surface area contributed by atoms with Gasteiger partial charge in [0, 0.05) is 12.8 Å². The summed E-state index contributed by atoms with van der Waals surface area (Å²) in [5.41, 5.74) is 3.20. The van der Waals surface area contributed by atoms with Crippen molar-refractivity contribution in [2.24, 2.45) is 0 Å². The highest BCUT2D eigenvalue weighted by Crippen LogP contribution is 2.48. The molecule has 2 fully saturated rings. The molecule has 0 spiro atoms. The molecule has 3 aromatic carbocycles. The number of benzene rings is 3. The average molecular weight is 847 g/mol. The lowest BCUT2D eigenvalue weighted by atomic mass is 9.82. The van der Waals surface area contributed by atoms with Crippen molar-refractivity contribution in [2.75, 3.05) is 19.8 Å². The van der Waals surface area contributed by atoms with Gasteiger partial charge >= 0.3 is 0 Å². The summed E-state index contributed by atoms with van der Waals surface area (Å²) in [5.74, 6) is 0. The van der Waals surface area contributed by atoms with Crippen LogP contribution in [0, 0.1) is 0 Å². The minimum Gasteiger partial charge on any atom is -0.410 e. The Labute approximate surface area is 359 Å². The first kappa shape index (κ1) is 46.7. The number of aliphatic hydroxyl groups is 2. The second-order valence-corrected chi connectivity index (χ2v) is 23.3. The fourth-order valence-electron chi connectivity index (χ4n) is 9.55. The first-order chi connectivity index (χ1) is 28.9. The van der Waals surface area contributed by atoms with Gasteiger partial charge in [-0.15, -0.1) is 0 Å². The summed E-state index contributed by atoms with van der Waals surface area (Å²) in [5, 5.41) is 20.5. The Morgan fingerprint density at radius 1 is 0.767 bits per heavy atom. The molecule has 0 saturated carbocycles. The predicted molar refractivity (Wildman–Crippen MR) is 235 cm³/mol. The Morgan fingerprint density at radius 3 is 1.93 bits per heavy atom. The third kappa shape index (κ3) is 11.6. The molecule has 3 aromatic rings. The number of fused-ring (bicyclic) bond motifs is 1. The van der Waals surface area contributed by atoms with Crippen LogP contribution >= 0.6 is 0 Å². The standard InChI is InChI=1S/C49H70O10Si/c1-34(2)60(35(3)4,36(5)6)59-47-26-42(53-30-38-20-13-9-14-21-38)45(32-52-29-37-18-11-8-12-19-37)58-49(47,7)46(54-31-39-22-15-10-16-23-39)27-48-55-33-44-41(57-48)25-17-24-40(51)43(28-50)56-44/h8-23,25,34-36,40-48,50-51H,24,26-33H2,1-7H3/b25-17-/t40-,41+,42+,43+,44-,45-,46-,47-,48-,49+/m1/s1. The normalized spacial score (nSPS) is 29.9. The van der Waals surface area contributed by atoms with E-state index in [9.17, 15) is 10.2 Å². The fourth-order valence-corrected chi connectivity index (χ4v) is 15.2. The summed E-state index contributed by atoms with van der Waals surface area (Å²) in [4.78, 5) is 0. The van der Waals surface area contributed by atoms with Crippen molar-refractivity contribution in [3.05, 3.63) is 120 Å². The summed E-state index contributed by atoms with van der Waals surface area (Å²) >= 11 is 0. The molecule has 10 nitrogen and oxygen atoms in total. The van der Waals surface area contributed by atoms with Crippen LogP contribution in [0.3, 0.4) is 0 Å². The molecular formula is C49H70O10Si. The van der Waals surface area contributed by atoms with Crippen molar-refractivity contribution >= 4 is 8.32 Å². The molecule has 0 aromatic heterocycles. The molecule has 0 unspecified atom stereocenters. The molecular weight excluding hydrogens is 777 g/mol. The molecule has 0 radical (unpaired) electrons. The maximum Gasteiger partial charge on any atom is 0.200 e. The van der Waals surface area contributed by atoms with Crippen molar-refractivity contribution in [3.63, 3.8) is 0 Å². The van der Waals surface area contributed by atoms with Gasteiger partial charge in [-0.25, -0.2) is 0 Å². The van der Waals surface area contributed by atoms with Crippen LogP contribution in [-0.4, -0.2) is 99.1 Å². The van der Waals surface area contributed by atoms with E-state index in [1.807, 2.05) is 66.7 Å². The zero-order chi connectivity index (χ0) is 42.7. The molecule has 3 aliphatic heterocycles. The lowest BCUT2D eigenvalue weighted by Crippen LogP contribution is -2.66. The molecule has 6 rings (SSSR count). The third-order valence-electron chi connectivity index (χ3n) is 12.8. The summed E-state index contributed by atoms with van der Waals surface area (Å²) in [6, 6.07) is 30.6. The Bertz CT molecular complexity index is 1690. The monoisotopic (exact) mass is 846 g/mol. The summed E-state index contributed by atoms with van der Waals surface area (Å²) in [7, 11) is -2.50. The van der Waals surface area contributed by atoms with Gasteiger partial charge in [-0.05, 0) is 46.7 Å². The molecule has 330 valence electrons. The van der Waals surface area contributed by atoms with E-state index in [0.717, 1.165) is 16.7 Å². The lowest BCUT2D eigenvalue weighted by molar-refractivity contribution is -0.302. The molecule has 60 heavy (non-hydrogen) atoms. The Morgan fingerprint density at radius 2 is 1.35 bits per heavy atom. The highest BCUT2D eigenvalue weighted by molar-refractivity contribution is 6.77. The fraction of sp³-hybridized carbons (Fsp3) is 0.592. The van der Waals surface area contributed by atoms with Crippen LogP contribution in [0.5, 0.6) is 0 Å². The minimum absolute atomic E-state index is 0.223. The quantitative estimate of drug-likeness (QED) is 0.0898. The molecule has 0 amide bonds. The minimum atomic E-state index is -2.50. The van der Waals surface area contributed by atoms with Gasteiger partial charge in [-0.3, -0.25) is 0 Å². The maximum atomic E-state index is 10.5. The summed E-state index contributed by atoms with van der Waals surface area (Å²) < 4.78 is 54.9. The topological polar surface area (TPSA) is 114 Å². The molecule has 11 heteroatoms. The first-order valence-corrected chi connectivity index (χ1v) is 24.2. The Balaban J connectivity index is 1.36. The smallest absolute Gasteiger partial charge is 0.200 e. The molecule has 3 heterocycles. The van der Waals surface area contributed by atoms with Gasteiger partial charge in [-0.2, -0.15) is 0 Å². The molecule has 3 aliphatic rings. The van der Waals surface area contributed by atoms with Gasteiger partial charge in [0.25, 0.3) is 0 Å². The second kappa shape index (κ2) is 22.0. The Hall–Kier alpha value is -2.78. The van der Waals surface area contributed by atoms with Crippen LogP contribution in [-0.2, 0) is 57.4 Å². The zero-order valence-electron chi connectivity index (χ0n) is 36.8. The largest absolute Gasteiger partial charge is 0.410 e. The number of ether oxygens (including phenoxy) is 7. The lowest BCUT2D eigenvalue weighted by Gasteiger charge is -2.55. The molecule has 0 aliphatic carbocycles. The van der Waals surface area contributed by atoms with Crippen molar-refractivity contribution < 1.29 is 47.8 Å². The van der Waals surface area contributed by atoms with Gasteiger partial charge in [-0.1, -0.05) is 145 Å². The SMILES string of the molecule is CC(C)[Si](O[C@@H]1C[C@H](OCc2ccccc2)[C@@H](COCc2ccccc2)O[C@@]1(C)[C@@H](C[C@@H]1OC[C@H]2O[C@@H](CO)[C@H](O)C/C=C\[C@@H]2O1)OCc1ccccc1)(C(C)C)C(C)C. The molecule has 2 saturated heterocycles. The average Bonchev–Trinajstić information content (AvgIpc) is 3.24. The van der Waals surface area contributed by atoms with E-state index in [4.69, 9.17) is 37.6 Å². The zero-order valence-corrected chi connectivity index (χ0v) is 37.8. The van der Waals surface area contributed by atoms with Crippen LogP contribution < -0.4 is 0 Å². The summed E-state index contributed by atoms with van der Waals surface area (Å²) in [6.07, 6.45) is 0.229. The third-order valence-corrected chi connectivity index (χ3v) is 18.9. The first-order valence-electron chi connectivity index (χ1n) is 22.1. The van der Waals surface area contributed by atoms with Gasteiger partial charge < -0.3 is 47.8 Å². The van der Waals surface area contributed by atoms with Crippen LogP contribution in [0.25, 0.3) is 0 Å². The van der Waals surface area contributed by atoms with E-state index in [0.29, 0.717) is 62.3 Å². The van der Waals surface area contributed by atoms with Crippen LogP contribution in [0.15, 0.2) is 103 Å². The van der Waals surface area contributed by atoms with Crippen LogP contribution in [0.1, 0.15) is 84.4 Å². The second-order valence-electron chi connectivity index (χ2n) is 17.8. The van der Waals surface area contributed by atoms with Crippen LogP contribution in [0.4, 0.5) is 0 Å². The highest BCUT2D eigenvalue weighted by Gasteiger charge is 2.57. The van der Waals surface area contributed by atoms with Gasteiger partial charge in [0.1, 0.15) is 30.0 Å². The number of aliphatic hydroxyl groups excluding tert-OH is 2. The van der Waals surface area contributed by atoms with E-state index in [2.05, 4.69) is 84.9 Å². The van der Waals surface area contributed by atoms with E-state index in [1.165, 1.54) is 0 Å². The van der Waals surface area contributed by atoms with Crippen molar-refractivity contribution in [3.8, 4) is 0 Å². The van der Waals surface area contributed by atoms with Gasteiger partial charge in [0.05, 0.1) is 64.1 Å². The summed E-state index contributed by atoms with van der Waals surface area (Å²) in [6.45, 7) is 17.5. The highest BCUT2D eigenvalue weighted by atomic mass is 28.4. The van der Waals surface area contributed by atoms with Crippen molar-refractivity contribution in [2.45, 2.75) is 165 Å². The van der Waals surface area contributed by atoms with Gasteiger partial charge in [0.15, 0.2) is 6.29 Å². The van der Waals surface area contributed by atoms with E-state index < -0.39 is 62.9 Å². The van der Waals surface area contributed by atoms with Gasteiger partial charge in [0.2, 0.25) is 8.32 Å². The van der Waals surface area contributed by atoms with Crippen molar-refractivity contribution in [1.29, 1.82) is 0 Å². The van der Waals surface area contributed by atoms with E-state index in [1.54, 1.807) is 0 Å². The Kier molecular flexibility index (Phi) is 17.1. The molecule has 0 bridgehead atoms. The van der Waals surface area contributed by atoms with E-state index >= 15 is 0 Å². The number of hydrogen-bond donors (Lipinski definition) is 2. The molecule has 2 N–H and O–H groups in total. The van der Waals surface area contributed by atoms with Crippen molar-refractivity contribution in [1.82, 2.24) is 0 Å². The number of hydrogen-bond acceptors (Lipinski definition) is 10. The number of rotatable bonds is 19. The molecule has 10 atom stereocenters.